The van der Waals surface area contributed by atoms with Crippen LogP contribution in [-0.4, -0.2) is 52.8 Å². The van der Waals surface area contributed by atoms with Crippen LogP contribution in [0.4, 0.5) is 13.2 Å². The summed E-state index contributed by atoms with van der Waals surface area (Å²) in [6.07, 6.45) is -3.45. The van der Waals surface area contributed by atoms with Crippen LogP contribution in [0.3, 0.4) is 0 Å². The number of benzene rings is 2. The minimum Gasteiger partial charge on any atom is -0.490 e. The molecule has 0 atom stereocenters. The van der Waals surface area contributed by atoms with E-state index in [4.69, 9.17) is 9.47 Å². The maximum Gasteiger partial charge on any atom is 0.422 e. The van der Waals surface area contributed by atoms with E-state index in [1.54, 1.807) is 35.2 Å². The number of nitrogens with one attached hydrogen (secondary N) is 2. The van der Waals surface area contributed by atoms with Gasteiger partial charge in [-0.15, -0.1) is 0 Å². The fourth-order valence-corrected chi connectivity index (χ4v) is 3.58. The number of carbonyl (C=O) groups excluding carboxylic acids is 1. The van der Waals surface area contributed by atoms with Gasteiger partial charge in [0.2, 0.25) is 0 Å². The second-order valence-corrected chi connectivity index (χ2v) is 7.30. The van der Waals surface area contributed by atoms with Gasteiger partial charge in [-0.2, -0.15) is 13.2 Å². The second-order valence-electron chi connectivity index (χ2n) is 7.30. The van der Waals surface area contributed by atoms with E-state index < -0.39 is 12.8 Å². The quantitative estimate of drug-likeness (QED) is 0.643. The summed E-state index contributed by atoms with van der Waals surface area (Å²) in [5, 5.41) is 0. The number of para-hydroxylation sites is 1. The van der Waals surface area contributed by atoms with E-state index in [0.717, 1.165) is 0 Å². The Morgan fingerprint density at radius 2 is 1.77 bits per heavy atom. The van der Waals surface area contributed by atoms with E-state index in [1.165, 1.54) is 12.1 Å². The van der Waals surface area contributed by atoms with E-state index in [2.05, 4.69) is 9.97 Å². The smallest absolute Gasteiger partial charge is 0.422 e. The van der Waals surface area contributed by atoms with Crippen molar-refractivity contribution in [1.29, 1.82) is 0 Å². The number of carbonyl (C=O) groups is 1. The standard InChI is InChI=1S/C21H20F3N3O4/c22-21(23,24)12-30-14-3-1-4-15(11-14)31-13-7-9-27(10-8-13)19(28)16-5-2-6-17-18(16)26-20(29)25-17/h1-6,11,13H,7-10,12H2,(H2,25,26,29). The number of aromatic nitrogens is 2. The maximum absolute atomic E-state index is 12.9. The summed E-state index contributed by atoms with van der Waals surface area (Å²) in [4.78, 5) is 31.5. The van der Waals surface area contributed by atoms with Crippen molar-refractivity contribution in [1.82, 2.24) is 14.9 Å². The molecule has 31 heavy (non-hydrogen) atoms. The highest BCUT2D eigenvalue weighted by molar-refractivity contribution is 6.04. The highest BCUT2D eigenvalue weighted by Crippen LogP contribution is 2.26. The van der Waals surface area contributed by atoms with E-state index in [0.29, 0.717) is 48.3 Å². The Morgan fingerprint density at radius 3 is 2.52 bits per heavy atom. The van der Waals surface area contributed by atoms with Gasteiger partial charge in [0.1, 0.15) is 17.6 Å². The number of ether oxygens (including phenoxy) is 2. The van der Waals surface area contributed by atoms with Gasteiger partial charge in [-0.1, -0.05) is 12.1 Å². The van der Waals surface area contributed by atoms with Crippen molar-refractivity contribution in [2.24, 2.45) is 0 Å². The van der Waals surface area contributed by atoms with Crippen LogP contribution in [-0.2, 0) is 0 Å². The van der Waals surface area contributed by atoms with Gasteiger partial charge >= 0.3 is 11.9 Å². The molecule has 4 rings (SSSR count). The van der Waals surface area contributed by atoms with E-state index in [1.807, 2.05) is 0 Å². The molecular formula is C21H20F3N3O4. The van der Waals surface area contributed by atoms with Gasteiger partial charge in [-0.25, -0.2) is 4.79 Å². The lowest BCUT2D eigenvalue weighted by molar-refractivity contribution is -0.153. The monoisotopic (exact) mass is 435 g/mol. The average Bonchev–Trinajstić information content (AvgIpc) is 3.12. The third-order valence-corrected chi connectivity index (χ3v) is 5.02. The third kappa shape index (κ3) is 5.01. The van der Waals surface area contributed by atoms with Crippen molar-refractivity contribution in [3.05, 3.63) is 58.5 Å². The molecule has 1 aliphatic rings. The topological polar surface area (TPSA) is 87.4 Å². The lowest BCUT2D eigenvalue weighted by Crippen LogP contribution is -2.41. The third-order valence-electron chi connectivity index (χ3n) is 5.02. The summed E-state index contributed by atoms with van der Waals surface area (Å²) in [7, 11) is 0. The molecule has 0 saturated carbocycles. The summed E-state index contributed by atoms with van der Waals surface area (Å²) in [6.45, 7) is -0.451. The van der Waals surface area contributed by atoms with Gasteiger partial charge < -0.3 is 24.3 Å². The lowest BCUT2D eigenvalue weighted by atomic mass is 10.1. The van der Waals surface area contributed by atoms with E-state index >= 15 is 0 Å². The molecule has 1 saturated heterocycles. The van der Waals surface area contributed by atoms with Gasteiger partial charge in [0.05, 0.1) is 16.6 Å². The van der Waals surface area contributed by atoms with Gasteiger partial charge in [0.15, 0.2) is 6.61 Å². The maximum atomic E-state index is 12.9. The summed E-state index contributed by atoms with van der Waals surface area (Å²) >= 11 is 0. The van der Waals surface area contributed by atoms with Crippen LogP contribution in [0.5, 0.6) is 11.5 Å². The molecule has 1 aliphatic heterocycles. The number of H-pyrrole nitrogens is 2. The van der Waals surface area contributed by atoms with Crippen LogP contribution < -0.4 is 15.2 Å². The Hall–Kier alpha value is -3.43. The van der Waals surface area contributed by atoms with Gasteiger partial charge in [0.25, 0.3) is 5.91 Å². The summed E-state index contributed by atoms with van der Waals surface area (Å²) < 4.78 is 47.6. The van der Waals surface area contributed by atoms with Crippen LogP contribution in [0.25, 0.3) is 11.0 Å². The molecule has 0 aliphatic carbocycles. The highest BCUT2D eigenvalue weighted by Gasteiger charge is 2.29. The van der Waals surface area contributed by atoms with E-state index in [9.17, 15) is 22.8 Å². The normalized spacial score (nSPS) is 15.3. The number of likely N-dealkylation sites (tertiary alicyclic amines) is 1. The summed E-state index contributed by atoms with van der Waals surface area (Å²) in [5.74, 6) is 0.317. The summed E-state index contributed by atoms with van der Waals surface area (Å²) in [5.41, 5.74) is 1.10. The fraction of sp³-hybridized carbons (Fsp3) is 0.333. The minimum absolute atomic E-state index is 0.0797. The van der Waals surface area contributed by atoms with Crippen LogP contribution >= 0.6 is 0 Å². The molecule has 3 aromatic rings. The number of nitrogens with zero attached hydrogens (tertiary/aromatic N) is 1. The van der Waals surface area contributed by atoms with Crippen molar-refractivity contribution in [3.63, 3.8) is 0 Å². The molecule has 7 nitrogen and oxygen atoms in total. The number of hydrogen-bond acceptors (Lipinski definition) is 4. The number of halogens is 3. The molecule has 0 bridgehead atoms. The van der Waals surface area contributed by atoms with Crippen molar-refractivity contribution < 1.29 is 27.4 Å². The highest BCUT2D eigenvalue weighted by atomic mass is 19.4. The molecular weight excluding hydrogens is 415 g/mol. The zero-order chi connectivity index (χ0) is 22.0. The zero-order valence-electron chi connectivity index (χ0n) is 16.4. The molecule has 1 amide bonds. The average molecular weight is 435 g/mol. The Bertz CT molecular complexity index is 1130. The predicted octanol–water partition coefficient (Wildman–Crippen LogP) is 3.48. The number of piperidine rings is 1. The largest absolute Gasteiger partial charge is 0.490 e. The predicted molar refractivity (Wildman–Crippen MR) is 106 cm³/mol. The van der Waals surface area contributed by atoms with Crippen molar-refractivity contribution in [3.8, 4) is 11.5 Å². The molecule has 0 radical (unpaired) electrons. The number of rotatable bonds is 5. The molecule has 10 heteroatoms. The molecule has 2 aromatic carbocycles. The van der Waals surface area contributed by atoms with Crippen molar-refractivity contribution >= 4 is 16.9 Å². The van der Waals surface area contributed by atoms with Gasteiger partial charge in [-0.05, 0) is 24.3 Å². The zero-order valence-corrected chi connectivity index (χ0v) is 16.4. The second kappa shape index (κ2) is 8.37. The fourth-order valence-electron chi connectivity index (χ4n) is 3.58. The van der Waals surface area contributed by atoms with Crippen LogP contribution in [0.1, 0.15) is 23.2 Å². The number of imidazole rings is 1. The van der Waals surface area contributed by atoms with E-state index in [-0.39, 0.29) is 23.5 Å². The van der Waals surface area contributed by atoms with Crippen molar-refractivity contribution in [2.45, 2.75) is 25.1 Å². The van der Waals surface area contributed by atoms with Crippen LogP contribution in [0.2, 0.25) is 0 Å². The molecule has 0 spiro atoms. The molecule has 164 valence electrons. The minimum atomic E-state index is -4.41. The number of alkyl halides is 3. The number of amides is 1. The lowest BCUT2D eigenvalue weighted by Gasteiger charge is -2.32. The van der Waals surface area contributed by atoms with Crippen molar-refractivity contribution in [2.75, 3.05) is 19.7 Å². The molecule has 2 heterocycles. The Labute approximate surface area is 174 Å². The first-order valence-corrected chi connectivity index (χ1v) is 9.75. The SMILES string of the molecule is O=C(c1cccc2[nH]c(=O)[nH]c12)N1CCC(Oc2cccc(OCC(F)(F)F)c2)CC1. The first-order valence-electron chi connectivity index (χ1n) is 9.75. The van der Waals surface area contributed by atoms with Gasteiger partial charge in [0, 0.05) is 32.0 Å². The first kappa shape index (κ1) is 20.8. The number of aromatic amines is 2. The molecule has 2 N–H and O–H groups in total. The Balaban J connectivity index is 1.36. The Kier molecular flexibility index (Phi) is 5.62. The van der Waals surface area contributed by atoms with Crippen LogP contribution in [0.15, 0.2) is 47.3 Å². The molecule has 0 unspecified atom stereocenters. The van der Waals surface area contributed by atoms with Crippen LogP contribution in [0, 0.1) is 0 Å². The summed E-state index contributed by atoms with van der Waals surface area (Å²) in [6, 6.07) is 11.2. The Morgan fingerprint density at radius 1 is 1.06 bits per heavy atom. The molecule has 1 fully saturated rings. The molecule has 1 aromatic heterocycles. The van der Waals surface area contributed by atoms with Gasteiger partial charge in [-0.3, -0.25) is 4.79 Å². The number of fused-ring (bicyclic) bond motifs is 1. The first-order chi connectivity index (χ1) is 14.8. The number of hydrogen-bond donors (Lipinski definition) is 2.